The fourth-order valence-electron chi connectivity index (χ4n) is 3.85. The van der Waals surface area contributed by atoms with Crippen LogP contribution >= 0.6 is 11.6 Å². The Kier molecular flexibility index (Phi) is 8.92. The maximum Gasteiger partial charge on any atom is 0.414 e. The highest BCUT2D eigenvalue weighted by molar-refractivity contribution is 6.31. The summed E-state index contributed by atoms with van der Waals surface area (Å²) >= 11 is 6.25. The van der Waals surface area contributed by atoms with E-state index in [4.69, 9.17) is 31.4 Å². The van der Waals surface area contributed by atoms with Gasteiger partial charge in [-0.05, 0) is 56.3 Å². The minimum Gasteiger partial charge on any atom is -0.473 e. The highest BCUT2D eigenvalue weighted by atomic mass is 35.5. The molecule has 8 heteroatoms. The van der Waals surface area contributed by atoms with Crippen molar-refractivity contribution in [2.75, 3.05) is 26.2 Å². The van der Waals surface area contributed by atoms with Gasteiger partial charge in [0.25, 0.3) is 0 Å². The number of halogens is 1. The summed E-state index contributed by atoms with van der Waals surface area (Å²) in [6, 6.07) is 8.05. The standard InChI is InChI=1S/C19H27ClN2O.C2H2O4/c1-15-5-4-10-22(13-15)19(23)16-8-11-21(12-9-16)14-17-6-2-3-7-18(17)20;3-1(4)2(5)6/h2-3,6-7,15-16H,4-5,8-14H2,1H3;(H,3,4)(H,5,6). The molecular formula is C21H29ClN2O5. The van der Waals surface area contributed by atoms with Gasteiger partial charge >= 0.3 is 11.9 Å². The lowest BCUT2D eigenvalue weighted by molar-refractivity contribution is -0.159. The molecule has 29 heavy (non-hydrogen) atoms. The smallest absolute Gasteiger partial charge is 0.414 e. The van der Waals surface area contributed by atoms with E-state index in [1.807, 2.05) is 18.2 Å². The molecule has 160 valence electrons. The summed E-state index contributed by atoms with van der Waals surface area (Å²) in [6.45, 7) is 7.05. The molecule has 2 heterocycles. The van der Waals surface area contributed by atoms with Crippen molar-refractivity contribution in [1.82, 2.24) is 9.80 Å². The molecule has 0 aromatic heterocycles. The van der Waals surface area contributed by atoms with Gasteiger partial charge in [0.2, 0.25) is 5.91 Å². The number of likely N-dealkylation sites (tertiary alicyclic amines) is 2. The molecule has 1 unspecified atom stereocenters. The summed E-state index contributed by atoms with van der Waals surface area (Å²) in [5.41, 5.74) is 1.18. The molecule has 2 N–H and O–H groups in total. The average molecular weight is 425 g/mol. The van der Waals surface area contributed by atoms with Crippen LogP contribution in [0.4, 0.5) is 0 Å². The Morgan fingerprint density at radius 3 is 2.21 bits per heavy atom. The molecule has 1 aromatic carbocycles. The van der Waals surface area contributed by atoms with Crippen molar-refractivity contribution < 1.29 is 24.6 Å². The number of hydrogen-bond acceptors (Lipinski definition) is 4. The largest absolute Gasteiger partial charge is 0.473 e. The van der Waals surface area contributed by atoms with E-state index in [0.29, 0.717) is 11.8 Å². The predicted octanol–water partition coefficient (Wildman–Crippen LogP) is 2.97. The second kappa shape index (κ2) is 11.2. The number of carboxylic acids is 2. The summed E-state index contributed by atoms with van der Waals surface area (Å²) in [4.78, 5) is 35.4. The van der Waals surface area contributed by atoms with Gasteiger partial charge in [0.1, 0.15) is 0 Å². The molecule has 0 saturated carbocycles. The monoisotopic (exact) mass is 424 g/mol. The van der Waals surface area contributed by atoms with Gasteiger partial charge < -0.3 is 15.1 Å². The van der Waals surface area contributed by atoms with Crippen LogP contribution in [0.25, 0.3) is 0 Å². The number of carbonyl (C=O) groups is 3. The van der Waals surface area contributed by atoms with Crippen LogP contribution in [0.15, 0.2) is 24.3 Å². The second-order valence-electron chi connectivity index (χ2n) is 7.78. The van der Waals surface area contributed by atoms with Crippen LogP contribution < -0.4 is 0 Å². The first kappa shape index (κ1) is 23.2. The van der Waals surface area contributed by atoms with Gasteiger partial charge in [0, 0.05) is 30.6 Å². The highest BCUT2D eigenvalue weighted by Gasteiger charge is 2.30. The molecule has 1 aromatic rings. The Morgan fingerprint density at radius 1 is 1.03 bits per heavy atom. The third kappa shape index (κ3) is 7.33. The Morgan fingerprint density at radius 2 is 1.66 bits per heavy atom. The zero-order chi connectivity index (χ0) is 21.4. The van der Waals surface area contributed by atoms with E-state index in [9.17, 15) is 4.79 Å². The third-order valence-electron chi connectivity index (χ3n) is 5.44. The topological polar surface area (TPSA) is 98.2 Å². The summed E-state index contributed by atoms with van der Waals surface area (Å²) in [5.74, 6) is -2.37. The lowest BCUT2D eigenvalue weighted by Gasteiger charge is -2.37. The minimum absolute atomic E-state index is 0.225. The average Bonchev–Trinajstić information content (AvgIpc) is 2.70. The van der Waals surface area contributed by atoms with Gasteiger partial charge in [-0.2, -0.15) is 0 Å². The third-order valence-corrected chi connectivity index (χ3v) is 5.81. The van der Waals surface area contributed by atoms with Gasteiger partial charge in [-0.15, -0.1) is 0 Å². The molecule has 0 spiro atoms. The van der Waals surface area contributed by atoms with Crippen molar-refractivity contribution in [3.05, 3.63) is 34.9 Å². The predicted molar refractivity (Wildman–Crippen MR) is 110 cm³/mol. The number of benzene rings is 1. The zero-order valence-electron chi connectivity index (χ0n) is 16.7. The number of nitrogens with zero attached hydrogens (tertiary/aromatic N) is 2. The fourth-order valence-corrected chi connectivity index (χ4v) is 4.05. The summed E-state index contributed by atoms with van der Waals surface area (Å²) in [5, 5.41) is 15.6. The molecule has 2 aliphatic rings. The first-order valence-corrected chi connectivity index (χ1v) is 10.4. The van der Waals surface area contributed by atoms with Crippen LogP contribution in [-0.4, -0.2) is 64.0 Å². The van der Waals surface area contributed by atoms with Gasteiger partial charge in [0.15, 0.2) is 0 Å². The molecule has 2 aliphatic heterocycles. The highest BCUT2D eigenvalue weighted by Crippen LogP contribution is 2.25. The Labute approximate surface area is 176 Å². The molecule has 0 aliphatic carbocycles. The van der Waals surface area contributed by atoms with Crippen molar-refractivity contribution in [2.24, 2.45) is 11.8 Å². The minimum atomic E-state index is -1.82. The fraction of sp³-hybridized carbons (Fsp3) is 0.571. The Balaban J connectivity index is 0.000000438. The number of hydrogen-bond donors (Lipinski definition) is 2. The van der Waals surface area contributed by atoms with Crippen molar-refractivity contribution in [1.29, 1.82) is 0 Å². The van der Waals surface area contributed by atoms with Gasteiger partial charge in [-0.3, -0.25) is 9.69 Å². The van der Waals surface area contributed by atoms with Crippen LogP contribution in [0.1, 0.15) is 38.2 Å². The number of piperidine rings is 2. The molecule has 2 fully saturated rings. The van der Waals surface area contributed by atoms with E-state index in [1.54, 1.807) is 0 Å². The van der Waals surface area contributed by atoms with E-state index in [1.165, 1.54) is 12.0 Å². The Hall–Kier alpha value is -2.12. The van der Waals surface area contributed by atoms with E-state index < -0.39 is 11.9 Å². The molecule has 0 radical (unpaired) electrons. The first-order valence-electron chi connectivity index (χ1n) is 9.98. The Bertz CT molecular complexity index is 707. The van der Waals surface area contributed by atoms with Crippen LogP contribution in [-0.2, 0) is 20.9 Å². The quantitative estimate of drug-likeness (QED) is 0.724. The zero-order valence-corrected chi connectivity index (χ0v) is 17.5. The molecule has 7 nitrogen and oxygen atoms in total. The lowest BCUT2D eigenvalue weighted by Crippen LogP contribution is -2.45. The molecule has 1 amide bonds. The van der Waals surface area contributed by atoms with Crippen molar-refractivity contribution >= 4 is 29.4 Å². The lowest BCUT2D eigenvalue weighted by atomic mass is 9.92. The maximum absolute atomic E-state index is 12.7. The van der Waals surface area contributed by atoms with Crippen LogP contribution in [0.5, 0.6) is 0 Å². The van der Waals surface area contributed by atoms with E-state index >= 15 is 0 Å². The van der Waals surface area contributed by atoms with Crippen molar-refractivity contribution in [3.8, 4) is 0 Å². The van der Waals surface area contributed by atoms with E-state index in [2.05, 4.69) is 22.8 Å². The molecule has 2 saturated heterocycles. The summed E-state index contributed by atoms with van der Waals surface area (Å²) in [6.07, 6.45) is 4.39. The van der Waals surface area contributed by atoms with Crippen LogP contribution in [0, 0.1) is 11.8 Å². The van der Waals surface area contributed by atoms with E-state index in [0.717, 1.165) is 57.0 Å². The number of rotatable bonds is 3. The number of carbonyl (C=O) groups excluding carboxylic acids is 1. The summed E-state index contributed by atoms with van der Waals surface area (Å²) < 4.78 is 0. The van der Waals surface area contributed by atoms with Crippen LogP contribution in [0.2, 0.25) is 5.02 Å². The number of aliphatic carboxylic acids is 2. The molecule has 1 atom stereocenters. The van der Waals surface area contributed by atoms with Crippen molar-refractivity contribution in [3.63, 3.8) is 0 Å². The van der Waals surface area contributed by atoms with Crippen molar-refractivity contribution in [2.45, 2.75) is 39.2 Å². The second-order valence-corrected chi connectivity index (χ2v) is 8.19. The summed E-state index contributed by atoms with van der Waals surface area (Å²) in [7, 11) is 0. The normalized spacial score (nSPS) is 20.5. The molecule has 3 rings (SSSR count). The van der Waals surface area contributed by atoms with Gasteiger partial charge in [-0.1, -0.05) is 36.7 Å². The molecular weight excluding hydrogens is 396 g/mol. The van der Waals surface area contributed by atoms with Crippen LogP contribution in [0.3, 0.4) is 0 Å². The first-order chi connectivity index (χ1) is 13.8. The number of amides is 1. The number of carboxylic acid groups (broad SMARTS) is 2. The SMILES string of the molecule is CC1CCCN(C(=O)C2CCN(Cc3ccccc3Cl)CC2)C1.O=C(O)C(=O)O. The van der Waals surface area contributed by atoms with Gasteiger partial charge in [-0.25, -0.2) is 9.59 Å². The maximum atomic E-state index is 12.7. The van der Waals surface area contributed by atoms with E-state index in [-0.39, 0.29) is 5.92 Å². The van der Waals surface area contributed by atoms with Gasteiger partial charge in [0.05, 0.1) is 0 Å². The molecule has 0 bridgehead atoms.